The third-order valence-electron chi connectivity index (χ3n) is 4.45. The summed E-state index contributed by atoms with van der Waals surface area (Å²) in [4.78, 5) is 35.8. The first kappa shape index (κ1) is 15.8. The third kappa shape index (κ3) is 2.00. The van der Waals surface area contributed by atoms with Gasteiger partial charge in [0.25, 0.3) is 0 Å². The third-order valence-corrected chi connectivity index (χ3v) is 5.82. The number of carbonyl (C=O) groups excluding carboxylic acids is 3. The fraction of sp³-hybridized carbons (Fsp3) is 0.786. The van der Waals surface area contributed by atoms with E-state index in [9.17, 15) is 14.4 Å². The fourth-order valence-corrected chi connectivity index (χ4v) is 4.07. The predicted molar refractivity (Wildman–Crippen MR) is 74.8 cm³/mol. The van der Waals surface area contributed by atoms with E-state index in [0.717, 1.165) is 0 Å². The number of hydrogen-bond donors (Lipinski definition) is 0. The van der Waals surface area contributed by atoms with Crippen molar-refractivity contribution in [3.63, 3.8) is 0 Å². The van der Waals surface area contributed by atoms with Gasteiger partial charge in [-0.2, -0.15) is 0 Å². The molecule has 0 bridgehead atoms. The minimum absolute atomic E-state index is 0.111. The normalized spacial score (nSPS) is 40.3. The van der Waals surface area contributed by atoms with E-state index in [1.54, 1.807) is 27.7 Å². The summed E-state index contributed by atoms with van der Waals surface area (Å²) >= 11 is 12.2. The molecular weight excluding hydrogens is 303 g/mol. The highest BCUT2D eigenvalue weighted by molar-refractivity contribution is 6.46. The van der Waals surface area contributed by atoms with Crippen molar-refractivity contribution in [1.29, 1.82) is 0 Å². The first-order chi connectivity index (χ1) is 9.02. The van der Waals surface area contributed by atoms with Crippen molar-refractivity contribution in [3.8, 4) is 0 Å². The van der Waals surface area contributed by atoms with Gasteiger partial charge in [-0.3, -0.25) is 14.4 Å². The molecule has 0 saturated heterocycles. The van der Waals surface area contributed by atoms with Crippen molar-refractivity contribution in [2.24, 2.45) is 22.7 Å². The highest BCUT2D eigenvalue weighted by Crippen LogP contribution is 2.61. The number of fused-ring (bicyclic) bond motifs is 1. The lowest BCUT2D eigenvalue weighted by molar-refractivity contribution is -0.157. The quantitative estimate of drug-likeness (QED) is 0.444. The van der Waals surface area contributed by atoms with Gasteiger partial charge in [-0.1, -0.05) is 6.92 Å². The molecule has 0 radical (unpaired) electrons. The molecule has 0 heterocycles. The molecule has 2 fully saturated rings. The summed E-state index contributed by atoms with van der Waals surface area (Å²) in [5, 5.41) is -0.996. The predicted octanol–water partition coefficient (Wildman–Crippen LogP) is 2.19. The Hall–Kier alpha value is -0.610. The Kier molecular flexibility index (Phi) is 3.71. The first-order valence-corrected chi connectivity index (χ1v) is 7.43. The van der Waals surface area contributed by atoms with Crippen molar-refractivity contribution in [2.75, 3.05) is 6.61 Å². The van der Waals surface area contributed by atoms with Crippen LogP contribution in [0.2, 0.25) is 0 Å². The van der Waals surface area contributed by atoms with Crippen LogP contribution in [-0.2, 0) is 19.1 Å². The summed E-state index contributed by atoms with van der Waals surface area (Å²) in [6.45, 7) is 6.84. The number of ketones is 2. The zero-order valence-corrected chi connectivity index (χ0v) is 13.4. The minimum Gasteiger partial charge on any atom is -0.464 e. The standard InChI is InChI=1S/C14H18Cl2O4/c1-13(2,3)12(19)20-5-6-9(17)10(18)7-8(15)11(16)14(6,7)4/h6-8,11H,5H2,1-4H3/t6-,7+,8?,11?,14-/m0/s1. The average molecular weight is 321 g/mol. The molecule has 112 valence electrons. The van der Waals surface area contributed by atoms with Crippen molar-refractivity contribution >= 4 is 40.7 Å². The van der Waals surface area contributed by atoms with Crippen LogP contribution in [0, 0.1) is 22.7 Å². The van der Waals surface area contributed by atoms with Gasteiger partial charge in [0.05, 0.1) is 28.0 Å². The lowest BCUT2D eigenvalue weighted by Gasteiger charge is -2.51. The molecule has 0 amide bonds. The molecule has 0 aromatic carbocycles. The maximum atomic E-state index is 12.1. The molecule has 2 rings (SSSR count). The maximum Gasteiger partial charge on any atom is 0.311 e. The van der Waals surface area contributed by atoms with Crippen molar-refractivity contribution < 1.29 is 19.1 Å². The maximum absolute atomic E-state index is 12.1. The Bertz CT molecular complexity index is 482. The van der Waals surface area contributed by atoms with Gasteiger partial charge in [0, 0.05) is 5.41 Å². The number of Topliss-reactive ketones (excluding diaryl/α,β-unsaturated/α-hetero) is 2. The molecule has 2 unspecified atom stereocenters. The Morgan fingerprint density at radius 1 is 1.25 bits per heavy atom. The second-order valence-corrected chi connectivity index (χ2v) is 7.79. The van der Waals surface area contributed by atoms with E-state index < -0.39 is 51.0 Å². The molecule has 0 N–H and O–H groups in total. The smallest absolute Gasteiger partial charge is 0.311 e. The van der Waals surface area contributed by atoms with Crippen LogP contribution in [0.3, 0.4) is 0 Å². The lowest BCUT2D eigenvalue weighted by Crippen LogP contribution is -2.60. The van der Waals surface area contributed by atoms with Crippen LogP contribution in [0.25, 0.3) is 0 Å². The van der Waals surface area contributed by atoms with Gasteiger partial charge in [0.2, 0.25) is 11.6 Å². The largest absolute Gasteiger partial charge is 0.464 e. The van der Waals surface area contributed by atoms with E-state index in [-0.39, 0.29) is 6.61 Å². The Morgan fingerprint density at radius 3 is 2.30 bits per heavy atom. The fourth-order valence-electron chi connectivity index (χ4n) is 2.98. The Balaban J connectivity index is 2.14. The highest BCUT2D eigenvalue weighted by Gasteiger charge is 2.72. The van der Waals surface area contributed by atoms with E-state index in [1.807, 2.05) is 0 Å². The molecule has 6 heteroatoms. The van der Waals surface area contributed by atoms with Crippen LogP contribution in [0.15, 0.2) is 0 Å². The first-order valence-electron chi connectivity index (χ1n) is 6.56. The summed E-state index contributed by atoms with van der Waals surface area (Å²) in [6.07, 6.45) is 0. The molecule has 4 nitrogen and oxygen atoms in total. The monoisotopic (exact) mass is 320 g/mol. The SMILES string of the molecule is CC(C)(C)C(=O)OC[C@H]1C(=O)C(=O)[C@H]2C(Cl)C(Cl)[C@@]12C. The van der Waals surface area contributed by atoms with E-state index in [2.05, 4.69) is 0 Å². The molecule has 2 aliphatic rings. The number of carbonyl (C=O) groups is 3. The number of ether oxygens (including phenoxy) is 1. The Morgan fingerprint density at radius 2 is 1.80 bits per heavy atom. The zero-order chi connectivity index (χ0) is 15.5. The Labute approximate surface area is 128 Å². The topological polar surface area (TPSA) is 60.4 Å². The molecule has 2 saturated carbocycles. The second-order valence-electron chi connectivity index (χ2n) is 6.82. The van der Waals surface area contributed by atoms with E-state index in [1.165, 1.54) is 0 Å². The molecular formula is C14H18Cl2O4. The molecule has 5 atom stereocenters. The summed E-state index contributed by atoms with van der Waals surface area (Å²) in [6, 6.07) is 0. The van der Waals surface area contributed by atoms with Gasteiger partial charge >= 0.3 is 5.97 Å². The summed E-state index contributed by atoms with van der Waals surface area (Å²) in [5.41, 5.74) is -1.36. The van der Waals surface area contributed by atoms with Gasteiger partial charge in [-0.05, 0) is 20.8 Å². The van der Waals surface area contributed by atoms with E-state index >= 15 is 0 Å². The van der Waals surface area contributed by atoms with Gasteiger partial charge in [-0.25, -0.2) is 0 Å². The summed E-state index contributed by atoms with van der Waals surface area (Å²) < 4.78 is 5.20. The highest BCUT2D eigenvalue weighted by atomic mass is 35.5. The molecule has 20 heavy (non-hydrogen) atoms. The van der Waals surface area contributed by atoms with E-state index in [4.69, 9.17) is 27.9 Å². The van der Waals surface area contributed by atoms with Crippen LogP contribution in [0.1, 0.15) is 27.7 Å². The molecule has 0 aliphatic heterocycles. The molecule has 0 aromatic heterocycles. The second kappa shape index (κ2) is 4.70. The van der Waals surface area contributed by atoms with Crippen LogP contribution < -0.4 is 0 Å². The van der Waals surface area contributed by atoms with Crippen molar-refractivity contribution in [2.45, 2.75) is 38.4 Å². The van der Waals surface area contributed by atoms with Crippen LogP contribution in [0.4, 0.5) is 0 Å². The summed E-state index contributed by atoms with van der Waals surface area (Å²) in [5.74, 6) is -2.66. The van der Waals surface area contributed by atoms with Crippen LogP contribution in [-0.4, -0.2) is 34.9 Å². The number of rotatable bonds is 2. The summed E-state index contributed by atoms with van der Waals surface area (Å²) in [7, 11) is 0. The number of halogens is 2. The zero-order valence-electron chi connectivity index (χ0n) is 11.9. The number of hydrogen-bond acceptors (Lipinski definition) is 4. The number of alkyl halides is 2. The van der Waals surface area contributed by atoms with Crippen molar-refractivity contribution in [1.82, 2.24) is 0 Å². The van der Waals surface area contributed by atoms with E-state index in [0.29, 0.717) is 0 Å². The lowest BCUT2D eigenvalue weighted by atomic mass is 9.59. The van der Waals surface area contributed by atoms with Crippen molar-refractivity contribution in [3.05, 3.63) is 0 Å². The molecule has 0 aromatic rings. The molecule has 2 aliphatic carbocycles. The van der Waals surface area contributed by atoms with Gasteiger partial charge in [0.1, 0.15) is 6.61 Å². The molecule has 0 spiro atoms. The van der Waals surface area contributed by atoms with Crippen LogP contribution in [0.5, 0.6) is 0 Å². The van der Waals surface area contributed by atoms with Gasteiger partial charge in [0.15, 0.2) is 0 Å². The minimum atomic E-state index is -0.708. The van der Waals surface area contributed by atoms with Crippen LogP contribution >= 0.6 is 23.2 Å². The average Bonchev–Trinajstić information content (AvgIpc) is 2.52. The van der Waals surface area contributed by atoms with Gasteiger partial charge < -0.3 is 4.74 Å². The van der Waals surface area contributed by atoms with Gasteiger partial charge in [-0.15, -0.1) is 23.2 Å². The number of esters is 1.